The van der Waals surface area contributed by atoms with Gasteiger partial charge in [-0.05, 0) is 24.6 Å². The van der Waals surface area contributed by atoms with Crippen molar-refractivity contribution in [1.29, 1.82) is 0 Å². The Balaban J connectivity index is 2.20. The molecule has 0 saturated heterocycles. The maximum Gasteiger partial charge on any atom is 0.432 e. The molecule has 1 aromatic carbocycles. The van der Waals surface area contributed by atoms with Gasteiger partial charge in [-0.2, -0.15) is 18.3 Å². The molecule has 0 saturated carbocycles. The second-order valence-electron chi connectivity index (χ2n) is 4.03. The number of aromatic amines is 1. The Kier molecular flexibility index (Phi) is 3.71. The number of nitrogens with one attached hydrogen (secondary N) is 2. The molecule has 0 unspecified atom stereocenters. The Labute approximate surface area is 116 Å². The smallest absolute Gasteiger partial charge is 0.320 e. The molecule has 0 aliphatic carbocycles. The summed E-state index contributed by atoms with van der Waals surface area (Å²) in [6.45, 7) is 1.68. The summed E-state index contributed by atoms with van der Waals surface area (Å²) in [5.41, 5.74) is -0.393. The molecule has 106 valence electrons. The van der Waals surface area contributed by atoms with Crippen molar-refractivity contribution in [2.24, 2.45) is 0 Å². The Morgan fingerprint density at radius 1 is 1.40 bits per heavy atom. The first kappa shape index (κ1) is 14.4. The zero-order chi connectivity index (χ0) is 14.9. The van der Waals surface area contributed by atoms with Crippen molar-refractivity contribution in [2.45, 2.75) is 13.1 Å². The van der Waals surface area contributed by atoms with Gasteiger partial charge in [0.05, 0.1) is 0 Å². The lowest BCUT2D eigenvalue weighted by atomic mass is 10.2. The number of benzene rings is 1. The maximum absolute atomic E-state index is 12.4. The second kappa shape index (κ2) is 5.16. The van der Waals surface area contributed by atoms with Gasteiger partial charge >= 0.3 is 6.18 Å². The van der Waals surface area contributed by atoms with E-state index in [9.17, 15) is 18.0 Å². The topological polar surface area (TPSA) is 57.8 Å². The van der Waals surface area contributed by atoms with E-state index in [0.29, 0.717) is 22.3 Å². The molecule has 1 heterocycles. The largest absolute Gasteiger partial charge is 0.432 e. The van der Waals surface area contributed by atoms with Gasteiger partial charge in [-0.1, -0.05) is 17.7 Å². The number of hydrogen-bond acceptors (Lipinski definition) is 2. The lowest BCUT2D eigenvalue weighted by Crippen LogP contribution is -2.13. The summed E-state index contributed by atoms with van der Waals surface area (Å²) in [5, 5.41) is 8.02. The predicted octanol–water partition coefficient (Wildman–Crippen LogP) is 3.64. The number of halogens is 4. The minimum Gasteiger partial charge on any atom is -0.320 e. The highest BCUT2D eigenvalue weighted by Gasteiger charge is 2.33. The minimum absolute atomic E-state index is 0.350. The van der Waals surface area contributed by atoms with Crippen molar-refractivity contribution < 1.29 is 18.0 Å². The third-order valence-electron chi connectivity index (χ3n) is 2.63. The normalized spacial score (nSPS) is 11.4. The van der Waals surface area contributed by atoms with E-state index in [-0.39, 0.29) is 5.69 Å². The Morgan fingerprint density at radius 2 is 2.10 bits per heavy atom. The molecule has 0 aliphatic rings. The molecule has 0 radical (unpaired) electrons. The molecule has 4 nitrogen and oxygen atoms in total. The zero-order valence-electron chi connectivity index (χ0n) is 10.2. The van der Waals surface area contributed by atoms with E-state index in [2.05, 4.69) is 10.4 Å². The third kappa shape index (κ3) is 2.93. The highest BCUT2D eigenvalue weighted by Crippen LogP contribution is 2.28. The van der Waals surface area contributed by atoms with Crippen molar-refractivity contribution >= 4 is 23.2 Å². The van der Waals surface area contributed by atoms with Crippen LogP contribution in [-0.2, 0) is 6.18 Å². The van der Waals surface area contributed by atoms with E-state index in [0.717, 1.165) is 0 Å². The lowest BCUT2D eigenvalue weighted by Gasteiger charge is -2.07. The van der Waals surface area contributed by atoms with Gasteiger partial charge in [0.15, 0.2) is 5.69 Å². The molecule has 1 aromatic heterocycles. The summed E-state index contributed by atoms with van der Waals surface area (Å²) in [5.74, 6) is -0.748. The van der Waals surface area contributed by atoms with Gasteiger partial charge in [-0.25, -0.2) is 0 Å². The van der Waals surface area contributed by atoms with E-state index in [1.54, 1.807) is 30.2 Å². The van der Waals surface area contributed by atoms with Crippen LogP contribution in [0, 0.1) is 6.92 Å². The average Bonchev–Trinajstić information content (AvgIpc) is 2.84. The van der Waals surface area contributed by atoms with Gasteiger partial charge in [0.1, 0.15) is 5.69 Å². The van der Waals surface area contributed by atoms with Crippen LogP contribution in [0.2, 0.25) is 5.02 Å². The van der Waals surface area contributed by atoms with Gasteiger partial charge in [0, 0.05) is 16.8 Å². The molecule has 0 atom stereocenters. The van der Waals surface area contributed by atoms with Crippen LogP contribution >= 0.6 is 11.6 Å². The van der Waals surface area contributed by atoms with Gasteiger partial charge in [0.2, 0.25) is 0 Å². The van der Waals surface area contributed by atoms with E-state index >= 15 is 0 Å². The maximum atomic E-state index is 12.4. The summed E-state index contributed by atoms with van der Waals surface area (Å²) >= 11 is 5.89. The SMILES string of the molecule is Cc1c(Cl)cccc1NC(=O)c1cc(C(F)(F)F)[nH]n1. The van der Waals surface area contributed by atoms with Crippen molar-refractivity contribution in [1.82, 2.24) is 10.2 Å². The number of hydrogen-bond donors (Lipinski definition) is 2. The monoisotopic (exact) mass is 303 g/mol. The number of anilines is 1. The summed E-state index contributed by atoms with van der Waals surface area (Å²) in [6, 6.07) is 5.51. The molecule has 2 N–H and O–H groups in total. The van der Waals surface area contributed by atoms with E-state index in [1.807, 2.05) is 0 Å². The van der Waals surface area contributed by atoms with Gasteiger partial charge in [0.25, 0.3) is 5.91 Å². The first-order valence-electron chi connectivity index (χ1n) is 5.48. The van der Waals surface area contributed by atoms with Crippen molar-refractivity contribution in [3.05, 3.63) is 46.2 Å². The highest BCUT2D eigenvalue weighted by atomic mass is 35.5. The van der Waals surface area contributed by atoms with Crippen LogP contribution in [0.4, 0.5) is 18.9 Å². The molecule has 20 heavy (non-hydrogen) atoms. The van der Waals surface area contributed by atoms with Gasteiger partial charge in [-0.15, -0.1) is 0 Å². The van der Waals surface area contributed by atoms with Crippen LogP contribution in [0.5, 0.6) is 0 Å². The highest BCUT2D eigenvalue weighted by molar-refractivity contribution is 6.31. The number of rotatable bonds is 2. The number of aromatic nitrogens is 2. The number of carbonyl (C=O) groups is 1. The molecule has 1 amide bonds. The van der Waals surface area contributed by atoms with Crippen LogP contribution < -0.4 is 5.32 Å². The molecule has 8 heteroatoms. The summed E-state index contributed by atoms with van der Waals surface area (Å²) in [4.78, 5) is 11.8. The van der Waals surface area contributed by atoms with Crippen LogP contribution in [0.3, 0.4) is 0 Å². The van der Waals surface area contributed by atoms with Crippen LogP contribution in [0.25, 0.3) is 0 Å². The third-order valence-corrected chi connectivity index (χ3v) is 3.04. The fourth-order valence-electron chi connectivity index (χ4n) is 1.51. The lowest BCUT2D eigenvalue weighted by molar-refractivity contribution is -0.141. The minimum atomic E-state index is -4.57. The molecule has 0 spiro atoms. The van der Waals surface area contributed by atoms with Crippen LogP contribution in [0.15, 0.2) is 24.3 Å². The second-order valence-corrected chi connectivity index (χ2v) is 4.44. The molecular formula is C12H9ClF3N3O. The number of carbonyl (C=O) groups excluding carboxylic acids is 1. The first-order chi connectivity index (χ1) is 9.29. The number of H-pyrrole nitrogens is 1. The summed E-state index contributed by atoms with van der Waals surface area (Å²) in [6.07, 6.45) is -4.57. The van der Waals surface area contributed by atoms with Crippen LogP contribution in [0.1, 0.15) is 21.7 Å². The molecule has 0 aliphatic heterocycles. The molecule has 0 fully saturated rings. The van der Waals surface area contributed by atoms with E-state index < -0.39 is 17.8 Å². The quantitative estimate of drug-likeness (QED) is 0.890. The van der Waals surface area contributed by atoms with Crippen molar-refractivity contribution in [3.63, 3.8) is 0 Å². The van der Waals surface area contributed by atoms with E-state index in [4.69, 9.17) is 11.6 Å². The van der Waals surface area contributed by atoms with Crippen molar-refractivity contribution in [2.75, 3.05) is 5.32 Å². The first-order valence-corrected chi connectivity index (χ1v) is 5.86. The van der Waals surface area contributed by atoms with Gasteiger partial charge < -0.3 is 5.32 Å². The predicted molar refractivity (Wildman–Crippen MR) is 67.7 cm³/mol. The fraction of sp³-hybridized carbons (Fsp3) is 0.167. The van der Waals surface area contributed by atoms with E-state index in [1.165, 1.54) is 0 Å². The van der Waals surface area contributed by atoms with Crippen molar-refractivity contribution in [3.8, 4) is 0 Å². The summed E-state index contributed by atoms with van der Waals surface area (Å²) in [7, 11) is 0. The fourth-order valence-corrected chi connectivity index (χ4v) is 1.69. The average molecular weight is 304 g/mol. The zero-order valence-corrected chi connectivity index (χ0v) is 10.9. The summed E-state index contributed by atoms with van der Waals surface area (Å²) < 4.78 is 37.2. The standard InChI is InChI=1S/C12H9ClF3N3O/c1-6-7(13)3-2-4-8(6)17-11(20)9-5-10(19-18-9)12(14,15)16/h2-5H,1H3,(H,17,20)(H,18,19). The Bertz CT molecular complexity index is 652. The Morgan fingerprint density at radius 3 is 2.70 bits per heavy atom. The number of alkyl halides is 3. The Hall–Kier alpha value is -2.02. The molecule has 0 bridgehead atoms. The number of nitrogens with zero attached hydrogens (tertiary/aromatic N) is 1. The van der Waals surface area contributed by atoms with Crippen LogP contribution in [-0.4, -0.2) is 16.1 Å². The molecular weight excluding hydrogens is 295 g/mol. The van der Waals surface area contributed by atoms with Gasteiger partial charge in [-0.3, -0.25) is 9.89 Å². The molecule has 2 rings (SSSR count). The molecule has 2 aromatic rings. The number of amides is 1.